The van der Waals surface area contributed by atoms with Gasteiger partial charge in [-0.2, -0.15) is 0 Å². The van der Waals surface area contributed by atoms with Crippen LogP contribution in [0.3, 0.4) is 0 Å². The summed E-state index contributed by atoms with van der Waals surface area (Å²) in [6, 6.07) is 10.6. The lowest BCUT2D eigenvalue weighted by Crippen LogP contribution is -2.40. The maximum absolute atomic E-state index is 5.07. The first-order valence-electron chi connectivity index (χ1n) is 5.46. The molecule has 1 atom stereocenters. The van der Waals surface area contributed by atoms with Crippen LogP contribution in [0.2, 0.25) is 0 Å². The molecule has 0 radical (unpaired) electrons. The maximum Gasteiger partial charge on any atom is 0.191 e. The van der Waals surface area contributed by atoms with Gasteiger partial charge >= 0.3 is 0 Å². The molecule has 0 bridgehead atoms. The number of aliphatic imine (C=N–C) groups is 1. The van der Waals surface area contributed by atoms with E-state index in [4.69, 9.17) is 4.74 Å². The second kappa shape index (κ2) is 7.50. The first kappa shape index (κ1) is 14.2. The molecule has 4 nitrogen and oxygen atoms in total. The maximum atomic E-state index is 5.07. The van der Waals surface area contributed by atoms with Gasteiger partial charge in [0.1, 0.15) is 0 Å². The Kier molecular flexibility index (Phi) is 6.28. The molecule has 1 heterocycles. The Morgan fingerprint density at radius 1 is 1.41 bits per heavy atom. The fraction of sp³-hybridized carbons (Fsp3) is 0.417. The lowest BCUT2D eigenvalue weighted by molar-refractivity contribution is 0.179. The van der Waals surface area contributed by atoms with Crippen LogP contribution in [0.15, 0.2) is 35.3 Å². The predicted molar refractivity (Wildman–Crippen MR) is 79.8 cm³/mol. The molecule has 1 aliphatic heterocycles. The minimum absolute atomic E-state index is 0. The Morgan fingerprint density at radius 2 is 2.18 bits per heavy atom. The van der Waals surface area contributed by atoms with Gasteiger partial charge in [0.15, 0.2) is 5.96 Å². The Hall–Kier alpha value is -0.820. The van der Waals surface area contributed by atoms with Gasteiger partial charge in [-0.05, 0) is 5.56 Å². The molecule has 1 aromatic rings. The Morgan fingerprint density at radius 3 is 2.88 bits per heavy atom. The van der Waals surface area contributed by atoms with Crippen LogP contribution in [0.5, 0.6) is 0 Å². The van der Waals surface area contributed by atoms with E-state index in [1.165, 1.54) is 5.56 Å². The molecule has 94 valence electrons. The van der Waals surface area contributed by atoms with Gasteiger partial charge in [0.2, 0.25) is 0 Å². The van der Waals surface area contributed by atoms with Gasteiger partial charge in [-0.1, -0.05) is 30.3 Å². The molecule has 0 saturated carbocycles. The third kappa shape index (κ3) is 4.51. The van der Waals surface area contributed by atoms with Gasteiger partial charge in [-0.15, -0.1) is 24.0 Å². The van der Waals surface area contributed by atoms with E-state index in [9.17, 15) is 0 Å². The molecule has 0 fully saturated rings. The van der Waals surface area contributed by atoms with Crippen molar-refractivity contribution >= 4 is 29.9 Å². The van der Waals surface area contributed by atoms with Crippen LogP contribution in [0, 0.1) is 0 Å². The van der Waals surface area contributed by atoms with Crippen molar-refractivity contribution in [1.82, 2.24) is 10.6 Å². The number of nitrogens with one attached hydrogen (secondary N) is 2. The highest BCUT2D eigenvalue weighted by molar-refractivity contribution is 14.0. The Labute approximate surface area is 119 Å². The quantitative estimate of drug-likeness (QED) is 0.809. The number of guanidine groups is 1. The molecular weight excluding hydrogens is 329 g/mol. The van der Waals surface area contributed by atoms with Crippen LogP contribution in [-0.4, -0.2) is 32.3 Å². The molecule has 0 amide bonds. The third-order valence-corrected chi connectivity index (χ3v) is 2.48. The van der Waals surface area contributed by atoms with E-state index in [0.717, 1.165) is 19.0 Å². The number of rotatable bonds is 4. The van der Waals surface area contributed by atoms with Crippen molar-refractivity contribution in [2.75, 3.05) is 20.3 Å². The number of nitrogens with zero attached hydrogens (tertiary/aromatic N) is 1. The van der Waals surface area contributed by atoms with Crippen molar-refractivity contribution in [3.8, 4) is 0 Å². The Balaban J connectivity index is 0.00000144. The third-order valence-electron chi connectivity index (χ3n) is 2.48. The van der Waals surface area contributed by atoms with Crippen molar-refractivity contribution in [2.45, 2.75) is 12.6 Å². The summed E-state index contributed by atoms with van der Waals surface area (Å²) >= 11 is 0. The zero-order valence-electron chi connectivity index (χ0n) is 9.85. The lowest BCUT2D eigenvalue weighted by Gasteiger charge is -2.11. The fourth-order valence-electron chi connectivity index (χ4n) is 1.67. The smallest absolute Gasteiger partial charge is 0.191 e. The second-order valence-corrected chi connectivity index (χ2v) is 3.83. The standard InChI is InChI=1S/C12H17N3O.HI/c1-16-9-11-8-14-12(15-11)13-7-10-5-3-2-4-6-10;/h2-6,11H,7-9H2,1H3,(H2,13,14,15);1H. The fourth-order valence-corrected chi connectivity index (χ4v) is 1.67. The van der Waals surface area contributed by atoms with E-state index in [1.54, 1.807) is 7.11 Å². The van der Waals surface area contributed by atoms with Crippen molar-refractivity contribution < 1.29 is 4.74 Å². The number of benzene rings is 1. The highest BCUT2D eigenvalue weighted by atomic mass is 127. The van der Waals surface area contributed by atoms with Crippen molar-refractivity contribution in [3.05, 3.63) is 35.9 Å². The van der Waals surface area contributed by atoms with Crippen LogP contribution in [-0.2, 0) is 11.3 Å². The van der Waals surface area contributed by atoms with Crippen LogP contribution in [0.4, 0.5) is 0 Å². The molecule has 0 saturated heterocycles. The first-order chi connectivity index (χ1) is 7.88. The number of ether oxygens (including phenoxy) is 1. The summed E-state index contributed by atoms with van der Waals surface area (Å²) in [5, 5.41) is 6.55. The second-order valence-electron chi connectivity index (χ2n) is 3.83. The van der Waals surface area contributed by atoms with E-state index in [1.807, 2.05) is 18.2 Å². The average molecular weight is 347 g/mol. The summed E-state index contributed by atoms with van der Waals surface area (Å²) in [7, 11) is 1.71. The van der Waals surface area contributed by atoms with E-state index in [0.29, 0.717) is 12.6 Å². The van der Waals surface area contributed by atoms with Gasteiger partial charge in [0.05, 0.1) is 19.2 Å². The van der Waals surface area contributed by atoms with Gasteiger partial charge in [-0.25, -0.2) is 0 Å². The molecule has 1 aromatic carbocycles. The molecule has 0 aromatic heterocycles. The van der Waals surface area contributed by atoms with Gasteiger partial charge in [0, 0.05) is 13.7 Å². The van der Waals surface area contributed by atoms with Gasteiger partial charge < -0.3 is 15.4 Å². The average Bonchev–Trinajstić information content (AvgIpc) is 2.76. The molecular formula is C12H18IN3O. The topological polar surface area (TPSA) is 45.6 Å². The minimum atomic E-state index is 0. The molecule has 17 heavy (non-hydrogen) atoms. The van der Waals surface area contributed by atoms with Gasteiger partial charge in [-0.3, -0.25) is 4.99 Å². The minimum Gasteiger partial charge on any atom is -0.382 e. The molecule has 0 spiro atoms. The van der Waals surface area contributed by atoms with Crippen molar-refractivity contribution in [3.63, 3.8) is 0 Å². The highest BCUT2D eigenvalue weighted by Gasteiger charge is 2.16. The zero-order valence-corrected chi connectivity index (χ0v) is 12.2. The largest absolute Gasteiger partial charge is 0.382 e. The molecule has 2 rings (SSSR count). The molecule has 2 N–H and O–H groups in total. The van der Waals surface area contributed by atoms with Crippen molar-refractivity contribution in [2.24, 2.45) is 4.99 Å². The van der Waals surface area contributed by atoms with Crippen molar-refractivity contribution in [1.29, 1.82) is 0 Å². The highest BCUT2D eigenvalue weighted by Crippen LogP contribution is 1.99. The summed E-state index contributed by atoms with van der Waals surface area (Å²) in [5.41, 5.74) is 1.25. The number of methoxy groups -OCH3 is 1. The lowest BCUT2D eigenvalue weighted by atomic mass is 10.2. The predicted octanol–water partition coefficient (Wildman–Crippen LogP) is 1.37. The van der Waals surface area contributed by atoms with E-state index < -0.39 is 0 Å². The van der Waals surface area contributed by atoms with E-state index in [-0.39, 0.29) is 24.0 Å². The summed E-state index contributed by atoms with van der Waals surface area (Å²) in [4.78, 5) is 4.37. The molecule has 5 heteroatoms. The SMILES string of the molecule is COCC1CN=C(NCc2ccccc2)N1.I. The summed E-state index contributed by atoms with van der Waals surface area (Å²) < 4.78 is 5.07. The van der Waals surface area contributed by atoms with E-state index >= 15 is 0 Å². The summed E-state index contributed by atoms with van der Waals surface area (Å²) in [5.74, 6) is 0.867. The Bertz CT molecular complexity index is 356. The number of hydrogen-bond acceptors (Lipinski definition) is 4. The van der Waals surface area contributed by atoms with Gasteiger partial charge in [0.25, 0.3) is 0 Å². The summed E-state index contributed by atoms with van der Waals surface area (Å²) in [6.45, 7) is 2.28. The zero-order chi connectivity index (χ0) is 11.2. The summed E-state index contributed by atoms with van der Waals surface area (Å²) in [6.07, 6.45) is 0. The molecule has 0 aliphatic carbocycles. The van der Waals surface area contributed by atoms with Crippen LogP contribution < -0.4 is 10.6 Å². The van der Waals surface area contributed by atoms with E-state index in [2.05, 4.69) is 27.8 Å². The normalized spacial score (nSPS) is 17.9. The number of hydrogen-bond donors (Lipinski definition) is 2. The van der Waals surface area contributed by atoms with Crippen LogP contribution >= 0.6 is 24.0 Å². The van der Waals surface area contributed by atoms with Crippen LogP contribution in [0.25, 0.3) is 0 Å². The molecule has 1 unspecified atom stereocenters. The molecule has 1 aliphatic rings. The van der Waals surface area contributed by atoms with Crippen LogP contribution in [0.1, 0.15) is 5.56 Å². The monoisotopic (exact) mass is 347 g/mol. The first-order valence-corrected chi connectivity index (χ1v) is 5.46. The number of halogens is 1.